The number of aromatic nitrogens is 2. The Morgan fingerprint density at radius 2 is 2.12 bits per heavy atom. The summed E-state index contributed by atoms with van der Waals surface area (Å²) in [4.78, 5) is 18.5. The molecule has 1 amide bonds. The fourth-order valence-electron chi connectivity index (χ4n) is 2.46. The number of benzene rings is 1. The van der Waals surface area contributed by atoms with Crippen molar-refractivity contribution in [2.24, 2.45) is 0 Å². The lowest BCUT2D eigenvalue weighted by Gasteiger charge is -2.10. The standard InChI is InChI=1S/C16H14F3N3O2S/c1-9-8-22-13(10(2)21-15(22)25-9)14(23)20-7-11-4-3-5-12(6-11)24-16(17,18)19/h3-6,8H,7H2,1-2H3,(H,20,23). The topological polar surface area (TPSA) is 55.6 Å². The van der Waals surface area contributed by atoms with Crippen molar-refractivity contribution >= 4 is 22.2 Å². The van der Waals surface area contributed by atoms with E-state index in [1.165, 1.54) is 29.5 Å². The van der Waals surface area contributed by atoms with Crippen LogP contribution >= 0.6 is 11.3 Å². The number of halogens is 3. The number of thiazole rings is 1. The fourth-order valence-corrected chi connectivity index (χ4v) is 3.33. The van der Waals surface area contributed by atoms with Gasteiger partial charge in [-0.2, -0.15) is 0 Å². The Bertz CT molecular complexity index is 930. The maximum absolute atomic E-state index is 12.5. The Balaban J connectivity index is 1.74. The normalized spacial score (nSPS) is 11.7. The van der Waals surface area contributed by atoms with Crippen LogP contribution in [-0.4, -0.2) is 21.7 Å². The number of alkyl halides is 3. The molecule has 0 aliphatic rings. The molecule has 132 valence electrons. The molecule has 5 nitrogen and oxygen atoms in total. The van der Waals surface area contributed by atoms with Crippen LogP contribution in [0.25, 0.3) is 4.96 Å². The molecule has 0 fully saturated rings. The fraction of sp³-hybridized carbons (Fsp3) is 0.250. The zero-order chi connectivity index (χ0) is 18.2. The second-order valence-corrected chi connectivity index (χ2v) is 6.63. The summed E-state index contributed by atoms with van der Waals surface area (Å²) in [5.41, 5.74) is 1.51. The van der Waals surface area contributed by atoms with Crippen LogP contribution in [0, 0.1) is 13.8 Å². The van der Waals surface area contributed by atoms with E-state index in [0.717, 1.165) is 9.84 Å². The average molecular weight is 369 g/mol. The minimum Gasteiger partial charge on any atom is -0.406 e. The Labute approximate surface area is 145 Å². The lowest BCUT2D eigenvalue weighted by molar-refractivity contribution is -0.274. The van der Waals surface area contributed by atoms with Crippen molar-refractivity contribution in [2.45, 2.75) is 26.8 Å². The van der Waals surface area contributed by atoms with Crippen LogP contribution in [0.4, 0.5) is 13.2 Å². The lowest BCUT2D eigenvalue weighted by Crippen LogP contribution is -2.25. The summed E-state index contributed by atoms with van der Waals surface area (Å²) in [5.74, 6) is -0.666. The number of nitrogens with one attached hydrogen (secondary N) is 1. The van der Waals surface area contributed by atoms with Crippen LogP contribution in [0.3, 0.4) is 0 Å². The monoisotopic (exact) mass is 369 g/mol. The number of amides is 1. The number of nitrogens with zero attached hydrogens (tertiary/aromatic N) is 2. The number of carbonyl (C=O) groups excluding carboxylic acids is 1. The molecule has 2 heterocycles. The van der Waals surface area contributed by atoms with E-state index in [2.05, 4.69) is 15.0 Å². The number of rotatable bonds is 4. The van der Waals surface area contributed by atoms with E-state index in [4.69, 9.17) is 0 Å². The second-order valence-electron chi connectivity index (χ2n) is 5.42. The Kier molecular flexibility index (Phi) is 4.42. The first-order valence-electron chi connectivity index (χ1n) is 7.31. The first-order valence-corrected chi connectivity index (χ1v) is 8.12. The van der Waals surface area contributed by atoms with Gasteiger partial charge in [0.1, 0.15) is 11.4 Å². The number of aryl methyl sites for hydroxylation is 2. The van der Waals surface area contributed by atoms with Crippen LogP contribution in [0.15, 0.2) is 30.5 Å². The minimum absolute atomic E-state index is 0.0731. The third-order valence-electron chi connectivity index (χ3n) is 3.42. The summed E-state index contributed by atoms with van der Waals surface area (Å²) in [5, 5.41) is 2.70. The van der Waals surface area contributed by atoms with Gasteiger partial charge in [0.2, 0.25) is 0 Å². The molecule has 2 aromatic heterocycles. The summed E-state index contributed by atoms with van der Waals surface area (Å²) in [6, 6.07) is 5.49. The molecule has 0 saturated heterocycles. The van der Waals surface area contributed by atoms with Crippen molar-refractivity contribution in [1.29, 1.82) is 0 Å². The van der Waals surface area contributed by atoms with E-state index in [1.807, 2.05) is 13.1 Å². The minimum atomic E-state index is -4.75. The molecule has 1 aromatic carbocycles. The van der Waals surface area contributed by atoms with Gasteiger partial charge < -0.3 is 10.1 Å². The molecule has 0 unspecified atom stereocenters. The maximum atomic E-state index is 12.5. The molecule has 25 heavy (non-hydrogen) atoms. The molecular weight excluding hydrogens is 355 g/mol. The van der Waals surface area contributed by atoms with Gasteiger partial charge in [0, 0.05) is 17.6 Å². The number of ether oxygens (including phenoxy) is 1. The van der Waals surface area contributed by atoms with Crippen LogP contribution in [0.5, 0.6) is 5.75 Å². The van der Waals surface area contributed by atoms with Gasteiger partial charge >= 0.3 is 6.36 Å². The van der Waals surface area contributed by atoms with Crippen LogP contribution in [0.1, 0.15) is 26.6 Å². The largest absolute Gasteiger partial charge is 0.573 e. The number of hydrogen-bond donors (Lipinski definition) is 1. The third-order valence-corrected chi connectivity index (χ3v) is 4.31. The van der Waals surface area contributed by atoms with Gasteiger partial charge in [0.15, 0.2) is 4.96 Å². The van der Waals surface area contributed by atoms with Crippen molar-refractivity contribution < 1.29 is 22.7 Å². The number of hydrogen-bond acceptors (Lipinski definition) is 4. The van der Waals surface area contributed by atoms with Gasteiger partial charge in [-0.1, -0.05) is 12.1 Å². The van der Waals surface area contributed by atoms with E-state index in [9.17, 15) is 18.0 Å². The Hall–Kier alpha value is -2.55. The summed E-state index contributed by atoms with van der Waals surface area (Å²) in [6.07, 6.45) is -2.92. The molecule has 1 N–H and O–H groups in total. The molecule has 0 atom stereocenters. The predicted octanol–water partition coefficient (Wildman–Crippen LogP) is 3.84. The summed E-state index contributed by atoms with van der Waals surface area (Å²) < 4.78 is 42.4. The van der Waals surface area contributed by atoms with Gasteiger partial charge in [0.05, 0.1) is 5.69 Å². The van der Waals surface area contributed by atoms with Crippen molar-refractivity contribution in [2.75, 3.05) is 0 Å². The SMILES string of the molecule is Cc1cn2c(C(=O)NCc3cccc(OC(F)(F)F)c3)c(C)nc2s1. The summed E-state index contributed by atoms with van der Waals surface area (Å²) in [6.45, 7) is 3.73. The highest BCUT2D eigenvalue weighted by Gasteiger charge is 2.31. The maximum Gasteiger partial charge on any atom is 0.573 e. The van der Waals surface area contributed by atoms with Gasteiger partial charge in [-0.3, -0.25) is 9.20 Å². The molecule has 0 aliphatic heterocycles. The molecule has 3 rings (SSSR count). The smallest absolute Gasteiger partial charge is 0.406 e. The van der Waals surface area contributed by atoms with Crippen LogP contribution in [0.2, 0.25) is 0 Å². The first-order chi connectivity index (χ1) is 11.7. The van der Waals surface area contributed by atoms with Gasteiger partial charge in [-0.25, -0.2) is 4.98 Å². The van der Waals surface area contributed by atoms with Crippen molar-refractivity contribution in [3.63, 3.8) is 0 Å². The third kappa shape index (κ3) is 3.93. The van der Waals surface area contributed by atoms with E-state index in [-0.39, 0.29) is 18.2 Å². The second kappa shape index (κ2) is 6.40. The highest BCUT2D eigenvalue weighted by Crippen LogP contribution is 2.24. The molecule has 0 spiro atoms. The molecule has 0 bridgehead atoms. The molecule has 0 aliphatic carbocycles. The van der Waals surface area contributed by atoms with Gasteiger partial charge in [-0.05, 0) is 31.5 Å². The van der Waals surface area contributed by atoms with Crippen molar-refractivity contribution in [1.82, 2.24) is 14.7 Å². The number of imidazole rings is 1. The van der Waals surface area contributed by atoms with E-state index >= 15 is 0 Å². The quantitative estimate of drug-likeness (QED) is 0.760. The molecule has 0 saturated carbocycles. The number of carbonyl (C=O) groups is 1. The average Bonchev–Trinajstić information content (AvgIpc) is 2.97. The van der Waals surface area contributed by atoms with E-state index in [1.54, 1.807) is 17.4 Å². The molecule has 0 radical (unpaired) electrons. The zero-order valence-corrected chi connectivity index (χ0v) is 14.2. The van der Waals surface area contributed by atoms with E-state index in [0.29, 0.717) is 17.0 Å². The lowest BCUT2D eigenvalue weighted by atomic mass is 10.2. The highest BCUT2D eigenvalue weighted by molar-refractivity contribution is 7.17. The van der Waals surface area contributed by atoms with Gasteiger partial charge in [0.25, 0.3) is 5.91 Å². The van der Waals surface area contributed by atoms with Gasteiger partial charge in [-0.15, -0.1) is 24.5 Å². The molecular formula is C16H14F3N3O2S. The van der Waals surface area contributed by atoms with Crippen LogP contribution in [-0.2, 0) is 6.54 Å². The molecule has 9 heteroatoms. The Morgan fingerprint density at radius 3 is 2.84 bits per heavy atom. The predicted molar refractivity (Wildman–Crippen MR) is 86.8 cm³/mol. The first kappa shape index (κ1) is 17.3. The van der Waals surface area contributed by atoms with Crippen LogP contribution < -0.4 is 10.1 Å². The Morgan fingerprint density at radius 1 is 1.36 bits per heavy atom. The van der Waals surface area contributed by atoms with Crippen molar-refractivity contribution in [3.05, 3.63) is 52.3 Å². The molecule has 3 aromatic rings. The summed E-state index contributed by atoms with van der Waals surface area (Å²) in [7, 11) is 0. The summed E-state index contributed by atoms with van der Waals surface area (Å²) >= 11 is 1.48. The van der Waals surface area contributed by atoms with E-state index < -0.39 is 6.36 Å². The highest BCUT2D eigenvalue weighted by atomic mass is 32.1. The van der Waals surface area contributed by atoms with Crippen molar-refractivity contribution in [3.8, 4) is 5.75 Å². The zero-order valence-electron chi connectivity index (χ0n) is 13.3. The number of fused-ring (bicyclic) bond motifs is 1.